The second-order valence-corrected chi connectivity index (χ2v) is 4.93. The van der Waals surface area contributed by atoms with E-state index in [1.165, 1.54) is 6.20 Å². The van der Waals surface area contributed by atoms with Gasteiger partial charge in [-0.1, -0.05) is 30.3 Å². The number of hydrogen-bond acceptors (Lipinski definition) is 4. The molecule has 0 aliphatic carbocycles. The molecule has 0 saturated heterocycles. The lowest BCUT2D eigenvalue weighted by Crippen LogP contribution is -2.23. The second-order valence-electron chi connectivity index (χ2n) is 4.93. The highest BCUT2D eigenvalue weighted by Gasteiger charge is 2.06. The van der Waals surface area contributed by atoms with E-state index in [1.807, 2.05) is 42.5 Å². The second kappa shape index (κ2) is 7.22. The van der Waals surface area contributed by atoms with Crippen molar-refractivity contribution in [2.45, 2.75) is 13.2 Å². The van der Waals surface area contributed by atoms with Gasteiger partial charge in [-0.3, -0.25) is 9.89 Å². The third-order valence-corrected chi connectivity index (χ3v) is 3.23. The standard InChI is InChI=1S/C17H16N4O2/c22-17(15-7-9-20-21-15)19-11-14-6-8-18-16(10-14)23-12-13-4-2-1-3-5-13/h1-10H,11-12H2,(H,19,22)(H,20,21). The molecule has 1 amide bonds. The summed E-state index contributed by atoms with van der Waals surface area (Å²) in [6.07, 6.45) is 3.20. The molecule has 0 atom stereocenters. The van der Waals surface area contributed by atoms with E-state index in [-0.39, 0.29) is 5.91 Å². The zero-order valence-corrected chi connectivity index (χ0v) is 12.4. The molecule has 0 bridgehead atoms. The Kier molecular flexibility index (Phi) is 4.63. The van der Waals surface area contributed by atoms with Crippen LogP contribution in [0.5, 0.6) is 5.88 Å². The van der Waals surface area contributed by atoms with E-state index >= 15 is 0 Å². The van der Waals surface area contributed by atoms with Crippen LogP contribution < -0.4 is 10.1 Å². The number of nitrogens with one attached hydrogen (secondary N) is 2. The lowest BCUT2D eigenvalue weighted by Gasteiger charge is -2.08. The average molecular weight is 308 g/mol. The van der Waals surface area contributed by atoms with Crippen molar-refractivity contribution >= 4 is 5.91 Å². The molecular formula is C17H16N4O2. The van der Waals surface area contributed by atoms with Gasteiger partial charge in [0, 0.05) is 25.0 Å². The molecule has 3 rings (SSSR count). The summed E-state index contributed by atoms with van der Waals surface area (Å²) in [6, 6.07) is 15.2. The van der Waals surface area contributed by atoms with Crippen LogP contribution in [0.25, 0.3) is 0 Å². The van der Waals surface area contributed by atoms with Gasteiger partial charge in [0.15, 0.2) is 0 Å². The summed E-state index contributed by atoms with van der Waals surface area (Å²) in [6.45, 7) is 0.847. The predicted molar refractivity (Wildman–Crippen MR) is 84.8 cm³/mol. The maximum atomic E-state index is 11.8. The van der Waals surface area contributed by atoms with Crippen LogP contribution in [0.3, 0.4) is 0 Å². The van der Waals surface area contributed by atoms with Crippen molar-refractivity contribution in [2.24, 2.45) is 0 Å². The highest BCUT2D eigenvalue weighted by atomic mass is 16.5. The smallest absolute Gasteiger partial charge is 0.269 e. The fourth-order valence-electron chi connectivity index (χ4n) is 2.03. The number of ether oxygens (including phenoxy) is 1. The van der Waals surface area contributed by atoms with Gasteiger partial charge in [0.05, 0.1) is 0 Å². The molecule has 0 spiro atoms. The average Bonchev–Trinajstić information content (AvgIpc) is 3.14. The molecule has 2 heterocycles. The Hall–Kier alpha value is -3.15. The monoisotopic (exact) mass is 308 g/mol. The zero-order chi connectivity index (χ0) is 15.9. The largest absolute Gasteiger partial charge is 0.473 e. The topological polar surface area (TPSA) is 79.9 Å². The van der Waals surface area contributed by atoms with Gasteiger partial charge in [0.25, 0.3) is 5.91 Å². The van der Waals surface area contributed by atoms with Crippen LogP contribution in [0.1, 0.15) is 21.6 Å². The minimum atomic E-state index is -0.203. The first-order valence-electron chi connectivity index (χ1n) is 7.20. The minimum absolute atomic E-state index is 0.203. The third kappa shape index (κ3) is 4.16. The van der Waals surface area contributed by atoms with E-state index in [4.69, 9.17) is 4.74 Å². The number of benzene rings is 1. The number of carbonyl (C=O) groups is 1. The van der Waals surface area contributed by atoms with E-state index in [1.54, 1.807) is 12.3 Å². The molecule has 0 aliphatic heterocycles. The van der Waals surface area contributed by atoms with Gasteiger partial charge in [-0.25, -0.2) is 4.98 Å². The van der Waals surface area contributed by atoms with Gasteiger partial charge >= 0.3 is 0 Å². The molecule has 116 valence electrons. The van der Waals surface area contributed by atoms with Crippen LogP contribution >= 0.6 is 0 Å². The van der Waals surface area contributed by atoms with Crippen LogP contribution in [0.15, 0.2) is 60.9 Å². The number of pyridine rings is 1. The molecule has 23 heavy (non-hydrogen) atoms. The number of rotatable bonds is 6. The number of aromatic nitrogens is 3. The number of nitrogens with zero attached hydrogens (tertiary/aromatic N) is 2. The Morgan fingerprint density at radius 1 is 1.09 bits per heavy atom. The van der Waals surface area contributed by atoms with Crippen molar-refractivity contribution in [3.8, 4) is 5.88 Å². The molecule has 0 unspecified atom stereocenters. The SMILES string of the molecule is O=C(NCc1ccnc(OCc2ccccc2)c1)c1ccn[nH]1. The normalized spacial score (nSPS) is 10.3. The van der Waals surface area contributed by atoms with E-state index in [9.17, 15) is 4.79 Å². The first-order chi connectivity index (χ1) is 11.3. The molecule has 2 N–H and O–H groups in total. The van der Waals surface area contributed by atoms with Crippen LogP contribution in [-0.2, 0) is 13.2 Å². The van der Waals surface area contributed by atoms with Gasteiger partial charge in [0.1, 0.15) is 12.3 Å². The summed E-state index contributed by atoms with van der Waals surface area (Å²) in [7, 11) is 0. The van der Waals surface area contributed by atoms with Crippen molar-refractivity contribution in [1.82, 2.24) is 20.5 Å². The number of amides is 1. The maximum absolute atomic E-state index is 11.8. The predicted octanol–water partition coefficient (Wildman–Crippen LogP) is 2.31. The summed E-state index contributed by atoms with van der Waals surface area (Å²) >= 11 is 0. The molecule has 3 aromatic rings. The van der Waals surface area contributed by atoms with Crippen LogP contribution in [-0.4, -0.2) is 21.1 Å². The van der Waals surface area contributed by atoms with E-state index in [2.05, 4.69) is 20.5 Å². The lowest BCUT2D eigenvalue weighted by molar-refractivity contribution is 0.0946. The highest BCUT2D eigenvalue weighted by molar-refractivity contribution is 5.91. The van der Waals surface area contributed by atoms with E-state index < -0.39 is 0 Å². The molecule has 0 fully saturated rings. The molecule has 6 heteroatoms. The Balaban J connectivity index is 1.56. The molecule has 2 aromatic heterocycles. The fraction of sp³-hybridized carbons (Fsp3) is 0.118. The van der Waals surface area contributed by atoms with E-state index in [0.29, 0.717) is 24.7 Å². The van der Waals surface area contributed by atoms with Gasteiger partial charge in [-0.2, -0.15) is 5.10 Å². The Labute approximate surface area is 133 Å². The zero-order valence-electron chi connectivity index (χ0n) is 12.4. The number of H-pyrrole nitrogens is 1. The number of aromatic amines is 1. The summed E-state index contributed by atoms with van der Waals surface area (Å²) in [5, 5.41) is 9.18. The first kappa shape index (κ1) is 14.8. The Morgan fingerprint density at radius 2 is 1.96 bits per heavy atom. The van der Waals surface area contributed by atoms with Gasteiger partial charge in [-0.05, 0) is 23.3 Å². The maximum Gasteiger partial charge on any atom is 0.269 e. The van der Waals surface area contributed by atoms with Crippen LogP contribution in [0.4, 0.5) is 0 Å². The molecule has 0 aliphatic rings. The first-order valence-corrected chi connectivity index (χ1v) is 7.20. The highest BCUT2D eigenvalue weighted by Crippen LogP contribution is 2.12. The fourth-order valence-corrected chi connectivity index (χ4v) is 2.03. The molecule has 1 aromatic carbocycles. The van der Waals surface area contributed by atoms with Gasteiger partial charge < -0.3 is 10.1 Å². The van der Waals surface area contributed by atoms with Crippen LogP contribution in [0.2, 0.25) is 0 Å². The Morgan fingerprint density at radius 3 is 2.74 bits per heavy atom. The van der Waals surface area contributed by atoms with Crippen LogP contribution in [0, 0.1) is 0 Å². The third-order valence-electron chi connectivity index (χ3n) is 3.23. The van der Waals surface area contributed by atoms with Crippen molar-refractivity contribution < 1.29 is 9.53 Å². The van der Waals surface area contributed by atoms with Crippen molar-refractivity contribution in [3.05, 3.63) is 77.7 Å². The molecule has 0 radical (unpaired) electrons. The number of hydrogen-bond donors (Lipinski definition) is 2. The van der Waals surface area contributed by atoms with Crippen molar-refractivity contribution in [1.29, 1.82) is 0 Å². The van der Waals surface area contributed by atoms with Crippen molar-refractivity contribution in [2.75, 3.05) is 0 Å². The molecule has 6 nitrogen and oxygen atoms in total. The van der Waals surface area contributed by atoms with E-state index in [0.717, 1.165) is 11.1 Å². The van der Waals surface area contributed by atoms with Gasteiger partial charge in [0.2, 0.25) is 5.88 Å². The summed E-state index contributed by atoms with van der Waals surface area (Å²) in [5.74, 6) is 0.327. The summed E-state index contributed by atoms with van der Waals surface area (Å²) in [5.41, 5.74) is 2.42. The summed E-state index contributed by atoms with van der Waals surface area (Å²) in [4.78, 5) is 16.0. The lowest BCUT2D eigenvalue weighted by atomic mass is 10.2. The van der Waals surface area contributed by atoms with Gasteiger partial charge in [-0.15, -0.1) is 0 Å². The summed E-state index contributed by atoms with van der Waals surface area (Å²) < 4.78 is 5.67. The Bertz CT molecular complexity index is 757. The quantitative estimate of drug-likeness (QED) is 0.732. The minimum Gasteiger partial charge on any atom is -0.473 e. The number of carbonyl (C=O) groups excluding carboxylic acids is 1. The molecule has 0 saturated carbocycles. The van der Waals surface area contributed by atoms with Crippen molar-refractivity contribution in [3.63, 3.8) is 0 Å². The molecular weight excluding hydrogens is 292 g/mol.